The Labute approximate surface area is 72.6 Å². The normalized spacial score (nSPS) is 28.4. The molecule has 1 rings (SSSR count). The third-order valence-corrected chi connectivity index (χ3v) is 2.06. The number of rotatable bonds is 3. The third-order valence-electron chi connectivity index (χ3n) is 2.06. The summed E-state index contributed by atoms with van der Waals surface area (Å²) in [5, 5.41) is 0. The lowest BCUT2D eigenvalue weighted by Crippen LogP contribution is -2.05. The maximum absolute atomic E-state index is 11.0. The summed E-state index contributed by atoms with van der Waals surface area (Å²) in [6.45, 7) is 4.15. The fourth-order valence-corrected chi connectivity index (χ4v) is 1.22. The monoisotopic (exact) mass is 169 g/mol. The number of esters is 1. The van der Waals surface area contributed by atoms with Gasteiger partial charge in [-0.15, -0.1) is 0 Å². The lowest BCUT2D eigenvalue weighted by molar-refractivity contribution is -0.137. The topological polar surface area (TPSA) is 52.3 Å². The van der Waals surface area contributed by atoms with E-state index < -0.39 is 0 Å². The van der Waals surface area contributed by atoms with Crippen LogP contribution in [0.15, 0.2) is 11.6 Å². The van der Waals surface area contributed by atoms with E-state index in [2.05, 4.69) is 0 Å². The van der Waals surface area contributed by atoms with Crippen molar-refractivity contribution in [3.05, 3.63) is 11.6 Å². The average Bonchev–Trinajstić information content (AvgIpc) is 2.67. The molecule has 0 spiro atoms. The zero-order valence-electron chi connectivity index (χ0n) is 7.54. The molecule has 0 aromatic carbocycles. The minimum absolute atomic E-state index is 0.255. The summed E-state index contributed by atoms with van der Waals surface area (Å²) in [4.78, 5) is 11.0. The van der Waals surface area contributed by atoms with Gasteiger partial charge in [0.25, 0.3) is 0 Å². The second kappa shape index (κ2) is 3.72. The van der Waals surface area contributed by atoms with Gasteiger partial charge in [0, 0.05) is 12.1 Å². The minimum atomic E-state index is -0.255. The van der Waals surface area contributed by atoms with Gasteiger partial charge in [-0.05, 0) is 26.2 Å². The van der Waals surface area contributed by atoms with Crippen molar-refractivity contribution in [3.8, 4) is 0 Å². The van der Waals surface area contributed by atoms with E-state index in [4.69, 9.17) is 10.5 Å². The van der Waals surface area contributed by atoms with Crippen LogP contribution in [0.25, 0.3) is 0 Å². The number of carbonyl (C=O) groups excluding carboxylic acids is 1. The average molecular weight is 169 g/mol. The number of carbonyl (C=O) groups is 1. The predicted octanol–water partition coefficient (Wildman–Crippen LogP) is 0.843. The Hall–Kier alpha value is -0.830. The van der Waals surface area contributed by atoms with Crippen LogP contribution in [0.2, 0.25) is 0 Å². The highest BCUT2D eigenvalue weighted by Gasteiger charge is 2.34. The lowest BCUT2D eigenvalue weighted by atomic mass is 10.2. The van der Waals surface area contributed by atoms with E-state index in [9.17, 15) is 4.79 Å². The molecule has 0 saturated heterocycles. The van der Waals surface area contributed by atoms with E-state index in [-0.39, 0.29) is 12.0 Å². The van der Waals surface area contributed by atoms with Crippen molar-refractivity contribution in [1.82, 2.24) is 0 Å². The fourth-order valence-electron chi connectivity index (χ4n) is 1.22. The van der Waals surface area contributed by atoms with Crippen LogP contribution in [0.5, 0.6) is 0 Å². The van der Waals surface area contributed by atoms with Gasteiger partial charge in [0.15, 0.2) is 0 Å². The van der Waals surface area contributed by atoms with Gasteiger partial charge in [-0.1, -0.05) is 5.57 Å². The minimum Gasteiger partial charge on any atom is -0.463 e. The van der Waals surface area contributed by atoms with Crippen molar-refractivity contribution in [3.63, 3.8) is 0 Å². The molecule has 1 fully saturated rings. The van der Waals surface area contributed by atoms with E-state index in [0.717, 1.165) is 12.0 Å². The molecule has 2 N–H and O–H groups in total. The number of hydrogen-bond donors (Lipinski definition) is 1. The Balaban J connectivity index is 2.39. The first kappa shape index (κ1) is 9.26. The van der Waals surface area contributed by atoms with Gasteiger partial charge in [-0.25, -0.2) is 4.79 Å². The van der Waals surface area contributed by atoms with Gasteiger partial charge < -0.3 is 10.5 Å². The van der Waals surface area contributed by atoms with Gasteiger partial charge in [-0.3, -0.25) is 0 Å². The molecular weight excluding hydrogens is 154 g/mol. The molecule has 0 heterocycles. The molecule has 1 aliphatic carbocycles. The summed E-state index contributed by atoms with van der Waals surface area (Å²) >= 11 is 0. The molecule has 0 aromatic rings. The van der Waals surface area contributed by atoms with Gasteiger partial charge in [0.05, 0.1) is 6.61 Å². The molecule has 68 valence electrons. The SMILES string of the molecule is CCOC(=O)/C=C(/C)C1CC1N. The van der Waals surface area contributed by atoms with Crippen molar-refractivity contribution < 1.29 is 9.53 Å². The molecule has 0 bridgehead atoms. The molecule has 3 nitrogen and oxygen atoms in total. The third kappa shape index (κ3) is 2.34. The maximum Gasteiger partial charge on any atom is 0.330 e. The van der Waals surface area contributed by atoms with Crippen molar-refractivity contribution in [1.29, 1.82) is 0 Å². The molecule has 1 saturated carbocycles. The first-order valence-corrected chi connectivity index (χ1v) is 4.25. The Morgan fingerprint density at radius 3 is 2.75 bits per heavy atom. The zero-order valence-corrected chi connectivity index (χ0v) is 7.54. The van der Waals surface area contributed by atoms with Crippen molar-refractivity contribution in [2.75, 3.05) is 6.61 Å². The molecule has 0 amide bonds. The molecule has 2 unspecified atom stereocenters. The summed E-state index contributed by atoms with van der Waals surface area (Å²) in [6, 6.07) is 0.260. The van der Waals surface area contributed by atoms with Crippen LogP contribution in [-0.4, -0.2) is 18.6 Å². The largest absolute Gasteiger partial charge is 0.463 e. The number of nitrogens with two attached hydrogens (primary N) is 1. The number of ether oxygens (including phenoxy) is 1. The van der Waals surface area contributed by atoms with Gasteiger partial charge in [0.1, 0.15) is 0 Å². The van der Waals surface area contributed by atoms with E-state index in [1.807, 2.05) is 6.92 Å². The van der Waals surface area contributed by atoms with E-state index in [0.29, 0.717) is 12.5 Å². The summed E-state index contributed by atoms with van der Waals surface area (Å²) in [5.74, 6) is 0.156. The summed E-state index contributed by atoms with van der Waals surface area (Å²) < 4.78 is 4.77. The van der Waals surface area contributed by atoms with Crippen molar-refractivity contribution >= 4 is 5.97 Å². The van der Waals surface area contributed by atoms with Gasteiger partial charge in [0.2, 0.25) is 0 Å². The molecule has 0 aliphatic heterocycles. The van der Waals surface area contributed by atoms with Crippen LogP contribution in [0.3, 0.4) is 0 Å². The molecule has 0 aromatic heterocycles. The Kier molecular flexibility index (Phi) is 2.87. The van der Waals surface area contributed by atoms with Crippen LogP contribution in [0.4, 0.5) is 0 Å². The van der Waals surface area contributed by atoms with E-state index in [1.165, 1.54) is 0 Å². The smallest absolute Gasteiger partial charge is 0.330 e. The molecule has 12 heavy (non-hydrogen) atoms. The maximum atomic E-state index is 11.0. The van der Waals surface area contributed by atoms with Crippen LogP contribution in [0.1, 0.15) is 20.3 Å². The Morgan fingerprint density at radius 1 is 1.75 bits per heavy atom. The highest BCUT2D eigenvalue weighted by Crippen LogP contribution is 2.34. The van der Waals surface area contributed by atoms with Crippen LogP contribution in [0, 0.1) is 5.92 Å². The van der Waals surface area contributed by atoms with Gasteiger partial charge in [-0.2, -0.15) is 0 Å². The van der Waals surface area contributed by atoms with Crippen molar-refractivity contribution in [2.45, 2.75) is 26.3 Å². The highest BCUT2D eigenvalue weighted by atomic mass is 16.5. The zero-order chi connectivity index (χ0) is 9.14. The van der Waals surface area contributed by atoms with Crippen LogP contribution in [-0.2, 0) is 9.53 Å². The molecule has 0 radical (unpaired) electrons. The molecule has 3 heteroatoms. The van der Waals surface area contributed by atoms with Crippen LogP contribution < -0.4 is 5.73 Å². The summed E-state index contributed by atoms with van der Waals surface area (Å²) in [5.41, 5.74) is 6.67. The highest BCUT2D eigenvalue weighted by molar-refractivity contribution is 5.82. The molecular formula is C9H15NO2. The summed E-state index contributed by atoms with van der Waals surface area (Å²) in [6.07, 6.45) is 2.54. The number of hydrogen-bond acceptors (Lipinski definition) is 3. The van der Waals surface area contributed by atoms with Crippen molar-refractivity contribution in [2.24, 2.45) is 11.7 Å². The quantitative estimate of drug-likeness (QED) is 0.503. The lowest BCUT2D eigenvalue weighted by Gasteiger charge is -1.98. The summed E-state index contributed by atoms with van der Waals surface area (Å²) in [7, 11) is 0. The first-order valence-electron chi connectivity index (χ1n) is 4.25. The Bertz CT molecular complexity index is 211. The van der Waals surface area contributed by atoms with E-state index >= 15 is 0 Å². The van der Waals surface area contributed by atoms with Gasteiger partial charge >= 0.3 is 5.97 Å². The second-order valence-corrected chi connectivity index (χ2v) is 3.15. The predicted molar refractivity (Wildman–Crippen MR) is 46.5 cm³/mol. The Morgan fingerprint density at radius 2 is 2.33 bits per heavy atom. The molecule has 1 aliphatic rings. The fraction of sp³-hybridized carbons (Fsp3) is 0.667. The standard InChI is InChI=1S/C9H15NO2/c1-3-12-9(11)4-6(2)7-5-8(7)10/h4,7-8H,3,5,10H2,1-2H3/b6-4-. The second-order valence-electron chi connectivity index (χ2n) is 3.15. The first-order chi connectivity index (χ1) is 5.65. The molecule has 2 atom stereocenters. The van der Waals surface area contributed by atoms with E-state index in [1.54, 1.807) is 13.0 Å². The van der Waals surface area contributed by atoms with Crippen LogP contribution >= 0.6 is 0 Å².